The summed E-state index contributed by atoms with van der Waals surface area (Å²) >= 11 is 0. The van der Waals surface area contributed by atoms with Crippen LogP contribution in [0.15, 0.2) is 36.5 Å². The quantitative estimate of drug-likeness (QED) is 0.0223. The number of hydrogen-bond donors (Lipinski definition) is 7. The third kappa shape index (κ3) is 25.3. The summed E-state index contributed by atoms with van der Waals surface area (Å²) in [6.07, 6.45) is 23.9. The molecule has 55 heavy (non-hydrogen) atoms. The Morgan fingerprint density at radius 1 is 0.727 bits per heavy atom. The molecule has 0 aromatic rings. The van der Waals surface area contributed by atoms with E-state index < -0.39 is 78.5 Å². The van der Waals surface area contributed by atoms with Gasteiger partial charge in [0.05, 0.1) is 25.4 Å². The fourth-order valence-corrected chi connectivity index (χ4v) is 6.88. The maximum Gasteiger partial charge on any atom is 0.397 e. The number of carbonyl (C=O) groups excluding carboxylic acids is 1. The van der Waals surface area contributed by atoms with E-state index in [1.165, 1.54) is 83.1 Å². The van der Waals surface area contributed by atoms with Crippen LogP contribution in [0.25, 0.3) is 0 Å². The number of aliphatic hydroxyl groups excluding tert-OH is 5. The monoisotopic (exact) mass is 806 g/mol. The average molecular weight is 806 g/mol. The van der Waals surface area contributed by atoms with Crippen molar-refractivity contribution >= 4 is 16.3 Å². The van der Waals surface area contributed by atoms with Gasteiger partial charge in [0.1, 0.15) is 30.5 Å². The zero-order valence-corrected chi connectivity index (χ0v) is 34.4. The van der Waals surface area contributed by atoms with Gasteiger partial charge in [-0.2, -0.15) is 8.42 Å². The minimum absolute atomic E-state index is 0.234. The molecule has 0 bridgehead atoms. The Hall–Kier alpha value is -1.72. The molecule has 322 valence electrons. The lowest BCUT2D eigenvalue weighted by Crippen LogP contribution is -2.61. The molecule has 0 aromatic heterocycles. The van der Waals surface area contributed by atoms with Crippen molar-refractivity contribution in [3.63, 3.8) is 0 Å². The van der Waals surface area contributed by atoms with E-state index in [0.29, 0.717) is 12.8 Å². The maximum absolute atomic E-state index is 13.0. The van der Waals surface area contributed by atoms with Crippen molar-refractivity contribution in [1.29, 1.82) is 0 Å². The predicted molar refractivity (Wildman–Crippen MR) is 214 cm³/mol. The molecule has 0 aliphatic carbocycles. The second-order valence-corrected chi connectivity index (χ2v) is 15.8. The number of ether oxygens (including phenoxy) is 2. The van der Waals surface area contributed by atoms with Gasteiger partial charge in [0, 0.05) is 0 Å². The first-order chi connectivity index (χ1) is 26.4. The Kier molecular flexibility index (Phi) is 30.1. The summed E-state index contributed by atoms with van der Waals surface area (Å²) in [4.78, 5) is 13.0. The minimum atomic E-state index is -5.12. The van der Waals surface area contributed by atoms with Gasteiger partial charge in [-0.3, -0.25) is 9.35 Å². The van der Waals surface area contributed by atoms with Crippen LogP contribution < -0.4 is 5.32 Å². The molecule has 0 saturated carbocycles. The van der Waals surface area contributed by atoms with Crippen LogP contribution >= 0.6 is 0 Å². The van der Waals surface area contributed by atoms with Crippen molar-refractivity contribution in [3.05, 3.63) is 36.5 Å². The lowest BCUT2D eigenvalue weighted by molar-refractivity contribution is -0.298. The molecule has 8 unspecified atom stereocenters. The summed E-state index contributed by atoms with van der Waals surface area (Å²) in [6, 6.07) is -1.14. The van der Waals surface area contributed by atoms with Crippen LogP contribution in [0.1, 0.15) is 155 Å². The number of nitrogens with one attached hydrogen (secondary N) is 1. The van der Waals surface area contributed by atoms with Gasteiger partial charge in [0.15, 0.2) is 6.29 Å². The molecule has 1 aliphatic heterocycles. The molecule has 8 atom stereocenters. The Labute approximate surface area is 331 Å². The smallest absolute Gasteiger partial charge is 0.394 e. The highest BCUT2D eigenvalue weighted by atomic mass is 32.3. The third-order valence-corrected chi connectivity index (χ3v) is 10.2. The molecular formula is C41H75NO12S. The van der Waals surface area contributed by atoms with E-state index in [4.69, 9.17) is 14.0 Å². The van der Waals surface area contributed by atoms with Crippen molar-refractivity contribution in [2.24, 2.45) is 0 Å². The van der Waals surface area contributed by atoms with Gasteiger partial charge in [0.25, 0.3) is 0 Å². The molecule has 7 N–H and O–H groups in total. The second-order valence-electron chi connectivity index (χ2n) is 14.7. The van der Waals surface area contributed by atoms with Crippen LogP contribution in [0.5, 0.6) is 0 Å². The fraction of sp³-hybridized carbons (Fsp3) is 0.829. The molecule has 1 rings (SSSR count). The zero-order valence-electron chi connectivity index (χ0n) is 33.6. The Morgan fingerprint density at radius 3 is 1.75 bits per heavy atom. The van der Waals surface area contributed by atoms with Gasteiger partial charge in [-0.05, 0) is 44.9 Å². The van der Waals surface area contributed by atoms with Crippen molar-refractivity contribution in [1.82, 2.24) is 5.32 Å². The SMILES string of the molecule is CCCCCCCCC/C=C/CC/C=C/CC/C=C/C(O)C(COC1OC(CO)C(O)C(OS(=O)(=O)O)C1O)NC(=O)C(O)CCCCCCCCCCC. The molecule has 0 radical (unpaired) electrons. The molecule has 13 nitrogen and oxygen atoms in total. The van der Waals surface area contributed by atoms with Gasteiger partial charge in [-0.15, -0.1) is 0 Å². The number of amides is 1. The highest BCUT2D eigenvalue weighted by molar-refractivity contribution is 7.80. The lowest BCUT2D eigenvalue weighted by atomic mass is 9.99. The van der Waals surface area contributed by atoms with E-state index in [1.807, 2.05) is 0 Å². The van der Waals surface area contributed by atoms with Crippen molar-refractivity contribution in [2.45, 2.75) is 204 Å². The molecule has 1 fully saturated rings. The van der Waals surface area contributed by atoms with Crippen LogP contribution in [0.4, 0.5) is 0 Å². The first-order valence-electron chi connectivity index (χ1n) is 21.0. The highest BCUT2D eigenvalue weighted by Gasteiger charge is 2.48. The predicted octanol–water partition coefficient (Wildman–Crippen LogP) is 6.13. The summed E-state index contributed by atoms with van der Waals surface area (Å²) in [6.45, 7) is 3.13. The highest BCUT2D eigenvalue weighted by Crippen LogP contribution is 2.26. The number of aliphatic hydroxyl groups is 5. The topological polar surface area (TPSA) is 212 Å². The maximum atomic E-state index is 13.0. The summed E-state index contributed by atoms with van der Waals surface area (Å²) in [5.74, 6) is -0.721. The third-order valence-electron chi connectivity index (χ3n) is 9.76. The molecule has 1 saturated heterocycles. The summed E-state index contributed by atoms with van der Waals surface area (Å²) < 4.78 is 47.3. The number of allylic oxidation sites excluding steroid dienone is 5. The normalized spacial score (nSPS) is 22.5. The Morgan fingerprint density at radius 2 is 1.22 bits per heavy atom. The summed E-state index contributed by atoms with van der Waals surface area (Å²) in [5.41, 5.74) is 0. The number of hydrogen-bond acceptors (Lipinski definition) is 11. The van der Waals surface area contributed by atoms with E-state index in [0.717, 1.165) is 44.9 Å². The number of carbonyl (C=O) groups is 1. The second kappa shape index (κ2) is 32.3. The molecular weight excluding hydrogens is 731 g/mol. The molecule has 14 heteroatoms. The minimum Gasteiger partial charge on any atom is -0.394 e. The van der Waals surface area contributed by atoms with E-state index in [1.54, 1.807) is 6.08 Å². The fourth-order valence-electron chi connectivity index (χ4n) is 6.37. The molecule has 1 amide bonds. The van der Waals surface area contributed by atoms with E-state index in [-0.39, 0.29) is 6.42 Å². The van der Waals surface area contributed by atoms with Crippen LogP contribution in [-0.4, -0.2) is 107 Å². The van der Waals surface area contributed by atoms with Crippen LogP contribution in [0, 0.1) is 0 Å². The van der Waals surface area contributed by atoms with Gasteiger partial charge < -0.3 is 40.3 Å². The molecule has 1 aliphatic rings. The van der Waals surface area contributed by atoms with Crippen LogP contribution in [0.2, 0.25) is 0 Å². The molecule has 1 heterocycles. The van der Waals surface area contributed by atoms with Crippen LogP contribution in [-0.2, 0) is 28.9 Å². The standard InChI is InChI=1S/C41H75NO12S/c1-3-5-7-9-11-13-14-15-16-17-18-19-20-22-23-25-27-29-34(44)33(42-40(48)35(45)30-28-26-24-21-12-10-8-6-4-2)32-52-41-38(47)39(54-55(49,50)51)37(46)36(31-43)53-41/h16-17,20,22,27,29,33-39,41,43-47H,3-15,18-19,21,23-26,28,30-32H2,1-2H3,(H,42,48)(H,49,50,51)/b17-16+,22-20+,29-27+. The van der Waals surface area contributed by atoms with E-state index in [9.17, 15) is 38.7 Å². The van der Waals surface area contributed by atoms with Gasteiger partial charge in [-0.1, -0.05) is 147 Å². The number of rotatable bonds is 34. The molecule has 0 aromatic carbocycles. The molecule has 0 spiro atoms. The van der Waals surface area contributed by atoms with Crippen LogP contribution in [0.3, 0.4) is 0 Å². The van der Waals surface area contributed by atoms with Crippen molar-refractivity contribution in [3.8, 4) is 0 Å². The first kappa shape index (κ1) is 51.3. The zero-order chi connectivity index (χ0) is 40.7. The van der Waals surface area contributed by atoms with Gasteiger partial charge >= 0.3 is 10.4 Å². The largest absolute Gasteiger partial charge is 0.397 e. The Balaban J connectivity index is 2.69. The van der Waals surface area contributed by atoms with E-state index >= 15 is 0 Å². The number of unbranched alkanes of at least 4 members (excludes halogenated alkanes) is 17. The average Bonchev–Trinajstić information content (AvgIpc) is 3.15. The van der Waals surface area contributed by atoms with Crippen molar-refractivity contribution < 1.29 is 57.0 Å². The lowest BCUT2D eigenvalue weighted by Gasteiger charge is -2.41. The summed E-state index contributed by atoms with van der Waals surface area (Å²) in [7, 11) is -5.12. The Bertz CT molecular complexity index is 1150. The van der Waals surface area contributed by atoms with E-state index in [2.05, 4.69) is 47.7 Å². The summed E-state index contributed by atoms with van der Waals surface area (Å²) in [5, 5.41) is 54.9. The van der Waals surface area contributed by atoms with Gasteiger partial charge in [0.2, 0.25) is 5.91 Å². The van der Waals surface area contributed by atoms with Crippen molar-refractivity contribution in [2.75, 3.05) is 13.2 Å². The van der Waals surface area contributed by atoms with Gasteiger partial charge in [-0.25, -0.2) is 4.18 Å². The first-order valence-corrected chi connectivity index (χ1v) is 22.3.